The highest BCUT2D eigenvalue weighted by molar-refractivity contribution is 7.88. The Labute approximate surface area is 236 Å². The summed E-state index contributed by atoms with van der Waals surface area (Å²) in [6, 6.07) is 2.19. The quantitative estimate of drug-likeness (QED) is 0.424. The number of sulfonamides is 1. The largest absolute Gasteiger partial charge is 0.299 e. The summed E-state index contributed by atoms with van der Waals surface area (Å²) in [5, 5.41) is 9.91. The molecule has 3 saturated carbocycles. The summed E-state index contributed by atoms with van der Waals surface area (Å²) >= 11 is 0. The molecule has 0 saturated heterocycles. The van der Waals surface area contributed by atoms with E-state index in [0.717, 1.165) is 44.9 Å². The molecular formula is C32H50N2O4S. The number of allylic oxidation sites excluding steroid dienone is 2. The molecule has 0 spiro atoms. The van der Waals surface area contributed by atoms with Crippen molar-refractivity contribution in [3.8, 4) is 6.07 Å². The topological polar surface area (TPSA) is 104 Å². The molecule has 39 heavy (non-hydrogen) atoms. The minimum Gasteiger partial charge on any atom is -0.299 e. The van der Waals surface area contributed by atoms with Crippen LogP contribution in [0.15, 0.2) is 11.6 Å². The van der Waals surface area contributed by atoms with Crippen LogP contribution in [0.3, 0.4) is 0 Å². The third-order valence-corrected chi connectivity index (χ3v) is 13.3. The summed E-state index contributed by atoms with van der Waals surface area (Å²) in [6.45, 7) is 17.3. The smallest absolute Gasteiger partial charge is 0.209 e. The molecule has 0 heterocycles. The van der Waals surface area contributed by atoms with Crippen LogP contribution < -0.4 is 4.72 Å². The van der Waals surface area contributed by atoms with Crippen molar-refractivity contribution in [1.29, 1.82) is 5.26 Å². The lowest BCUT2D eigenvalue weighted by Crippen LogP contribution is -2.65. The Kier molecular flexibility index (Phi) is 7.22. The molecule has 0 aromatic carbocycles. The maximum Gasteiger partial charge on any atom is 0.209 e. The van der Waals surface area contributed by atoms with E-state index in [9.17, 15) is 23.3 Å². The van der Waals surface area contributed by atoms with Crippen LogP contribution in [0.2, 0.25) is 0 Å². The van der Waals surface area contributed by atoms with Crippen LogP contribution in [0.25, 0.3) is 0 Å². The fraction of sp³-hybridized carbons (Fsp3) is 0.844. The van der Waals surface area contributed by atoms with Gasteiger partial charge in [0.1, 0.15) is 11.9 Å². The number of hydrogen-bond donors (Lipinski definition) is 1. The molecule has 0 amide bonds. The molecule has 218 valence electrons. The Hall–Kier alpha value is -1.52. The zero-order valence-electron chi connectivity index (χ0n) is 25.7. The van der Waals surface area contributed by atoms with Gasteiger partial charge in [0.15, 0.2) is 5.78 Å². The van der Waals surface area contributed by atoms with E-state index in [1.807, 2.05) is 26.8 Å². The Morgan fingerprint density at radius 1 is 0.846 bits per heavy atom. The molecule has 4 aliphatic rings. The van der Waals surface area contributed by atoms with Gasteiger partial charge in [0.05, 0.1) is 11.8 Å². The molecule has 1 N–H and O–H groups in total. The highest BCUT2D eigenvalue weighted by atomic mass is 32.2. The van der Waals surface area contributed by atoms with Crippen LogP contribution in [0.1, 0.15) is 113 Å². The van der Waals surface area contributed by atoms with Crippen LogP contribution in [-0.2, 0) is 19.6 Å². The number of nitrogens with one attached hydrogen (secondary N) is 1. The molecule has 0 bridgehead atoms. The van der Waals surface area contributed by atoms with Crippen molar-refractivity contribution >= 4 is 21.6 Å². The zero-order valence-corrected chi connectivity index (χ0v) is 26.5. The summed E-state index contributed by atoms with van der Waals surface area (Å²) in [6.07, 6.45) is 10.3. The molecule has 7 atom stereocenters. The predicted octanol–water partition coefficient (Wildman–Crippen LogP) is 6.37. The second kappa shape index (κ2) is 9.24. The van der Waals surface area contributed by atoms with E-state index in [0.29, 0.717) is 18.6 Å². The van der Waals surface area contributed by atoms with Gasteiger partial charge < -0.3 is 0 Å². The fourth-order valence-corrected chi connectivity index (χ4v) is 10.9. The first-order valence-electron chi connectivity index (χ1n) is 14.8. The summed E-state index contributed by atoms with van der Waals surface area (Å²) in [7, 11) is -3.41. The van der Waals surface area contributed by atoms with Gasteiger partial charge in [-0.1, -0.05) is 54.5 Å². The first-order valence-corrected chi connectivity index (χ1v) is 16.7. The Balaban J connectivity index is 1.85. The lowest BCUT2D eigenvalue weighted by atomic mass is 9.35. The molecule has 0 aliphatic heterocycles. The molecule has 7 heteroatoms. The number of fused-ring (bicyclic) bond motifs is 5. The van der Waals surface area contributed by atoms with Gasteiger partial charge in [-0.2, -0.15) is 5.26 Å². The van der Waals surface area contributed by atoms with Gasteiger partial charge in [0, 0.05) is 23.3 Å². The second-order valence-corrected chi connectivity index (χ2v) is 17.7. The highest BCUT2D eigenvalue weighted by Gasteiger charge is 2.68. The summed E-state index contributed by atoms with van der Waals surface area (Å²) in [5.41, 5.74) is -1.98. The number of hydrogen-bond acceptors (Lipinski definition) is 5. The molecule has 0 aromatic rings. The maximum atomic E-state index is 14.2. The molecule has 0 radical (unpaired) electrons. The summed E-state index contributed by atoms with van der Waals surface area (Å²) in [5.74, 6) is 0.217. The van der Waals surface area contributed by atoms with Crippen molar-refractivity contribution in [3.05, 3.63) is 11.6 Å². The summed E-state index contributed by atoms with van der Waals surface area (Å²) in [4.78, 5) is 27.5. The number of carbonyl (C=O) groups is 2. The Morgan fingerprint density at radius 3 is 2.05 bits per heavy atom. The number of Topliss-reactive ketones (excluding diaryl/α,β-unsaturated/α-hetero) is 2. The van der Waals surface area contributed by atoms with Gasteiger partial charge >= 0.3 is 0 Å². The number of nitriles is 1. The number of ketones is 2. The summed E-state index contributed by atoms with van der Waals surface area (Å²) < 4.78 is 27.9. The van der Waals surface area contributed by atoms with Gasteiger partial charge in [0.25, 0.3) is 0 Å². The van der Waals surface area contributed by atoms with E-state index in [-0.39, 0.29) is 45.4 Å². The molecule has 4 rings (SSSR count). The zero-order chi connectivity index (χ0) is 29.4. The van der Waals surface area contributed by atoms with E-state index < -0.39 is 26.4 Å². The van der Waals surface area contributed by atoms with E-state index in [4.69, 9.17) is 0 Å². The number of carbonyl (C=O) groups excluding carboxylic acids is 2. The van der Waals surface area contributed by atoms with Gasteiger partial charge in [-0.25, -0.2) is 13.1 Å². The standard InChI is InChI=1S/C32H50N2O4S/c1-27(2)12-10-22-23(35)18-25-30(6)19-21(20-33)26(36)28(3,4)24(30)11-13-32(25,8)31(22,7)17-16-29(5,15-14-27)34-39(9,37)38/h19,22,24-25,34H,10-18H2,1-9H3/t22?,24-,25?,29-,30-,31+,32+/m0/s1. The third kappa shape index (κ3) is 4.86. The van der Waals surface area contributed by atoms with Gasteiger partial charge in [-0.3, -0.25) is 9.59 Å². The minimum atomic E-state index is -3.41. The first kappa shape index (κ1) is 30.4. The minimum absolute atomic E-state index is 0.00143. The van der Waals surface area contributed by atoms with Crippen LogP contribution >= 0.6 is 0 Å². The normalized spacial score (nSPS) is 44.2. The average Bonchev–Trinajstić information content (AvgIpc) is 2.79. The highest BCUT2D eigenvalue weighted by Crippen LogP contribution is 2.72. The average molecular weight is 559 g/mol. The SMILES string of the molecule is CC1(C)CCC2C(=O)CC3[C@@]4(C)C=C(C#N)C(=O)C(C)(C)[C@@H]4CC[C@@]3(C)[C@]2(C)CC[C@@](C)(NS(C)(=O)=O)CC1. The lowest BCUT2D eigenvalue weighted by molar-refractivity contribution is -0.191. The lowest BCUT2D eigenvalue weighted by Gasteiger charge is -2.68. The van der Waals surface area contributed by atoms with Crippen LogP contribution in [0.4, 0.5) is 0 Å². The molecule has 4 aliphatic carbocycles. The fourth-order valence-electron chi connectivity index (χ4n) is 9.81. The maximum absolute atomic E-state index is 14.2. The van der Waals surface area contributed by atoms with Gasteiger partial charge in [-0.15, -0.1) is 0 Å². The van der Waals surface area contributed by atoms with E-state index in [1.54, 1.807) is 0 Å². The number of nitrogens with zero attached hydrogens (tertiary/aromatic N) is 1. The van der Waals surface area contributed by atoms with Crippen LogP contribution in [0, 0.1) is 56.2 Å². The Bertz CT molecular complexity index is 1240. The van der Waals surface area contributed by atoms with Gasteiger partial charge in [0.2, 0.25) is 10.0 Å². The molecule has 0 aromatic heterocycles. The monoisotopic (exact) mass is 558 g/mol. The molecular weight excluding hydrogens is 508 g/mol. The van der Waals surface area contributed by atoms with E-state index in [1.165, 1.54) is 6.26 Å². The molecule has 2 unspecified atom stereocenters. The molecule has 3 fully saturated rings. The van der Waals surface area contributed by atoms with E-state index in [2.05, 4.69) is 45.4 Å². The van der Waals surface area contributed by atoms with Gasteiger partial charge in [-0.05, 0) is 91.8 Å². The first-order chi connectivity index (χ1) is 17.6. The van der Waals surface area contributed by atoms with Crippen molar-refractivity contribution < 1.29 is 18.0 Å². The van der Waals surface area contributed by atoms with Crippen LogP contribution in [-0.4, -0.2) is 31.8 Å². The third-order valence-electron chi connectivity index (χ3n) is 12.5. The van der Waals surface area contributed by atoms with Crippen LogP contribution in [0.5, 0.6) is 0 Å². The Morgan fingerprint density at radius 2 is 1.46 bits per heavy atom. The second-order valence-electron chi connectivity index (χ2n) is 15.9. The van der Waals surface area contributed by atoms with Crippen molar-refractivity contribution in [3.63, 3.8) is 0 Å². The van der Waals surface area contributed by atoms with Crippen molar-refractivity contribution in [2.45, 2.75) is 119 Å². The van der Waals surface area contributed by atoms with Crippen molar-refractivity contribution in [2.24, 2.45) is 44.8 Å². The predicted molar refractivity (Wildman–Crippen MR) is 154 cm³/mol. The van der Waals surface area contributed by atoms with Crippen molar-refractivity contribution in [2.75, 3.05) is 6.26 Å². The van der Waals surface area contributed by atoms with E-state index >= 15 is 0 Å². The number of rotatable bonds is 2. The molecule has 6 nitrogen and oxygen atoms in total. The van der Waals surface area contributed by atoms with Crippen molar-refractivity contribution in [1.82, 2.24) is 4.72 Å².